The molecule has 1 heterocycles. The summed E-state index contributed by atoms with van der Waals surface area (Å²) in [6.45, 7) is 3.84. The van der Waals surface area contributed by atoms with Crippen LogP contribution in [-0.2, 0) is 6.42 Å². The Morgan fingerprint density at radius 3 is 2.24 bits per heavy atom. The number of benzene rings is 2. The van der Waals surface area contributed by atoms with Gasteiger partial charge in [0, 0.05) is 24.7 Å². The summed E-state index contributed by atoms with van der Waals surface area (Å²) in [5, 5.41) is 6.72. The van der Waals surface area contributed by atoms with Crippen molar-refractivity contribution < 1.29 is 0 Å². The number of nitrogens with one attached hydrogen (secondary N) is 2. The molecule has 4 nitrogen and oxygen atoms in total. The van der Waals surface area contributed by atoms with Crippen molar-refractivity contribution in [2.45, 2.75) is 19.8 Å². The van der Waals surface area contributed by atoms with Crippen LogP contribution in [0.2, 0.25) is 0 Å². The van der Waals surface area contributed by atoms with Gasteiger partial charge in [-0.05, 0) is 18.4 Å². The van der Waals surface area contributed by atoms with Crippen LogP contribution in [0.3, 0.4) is 0 Å². The Balaban J connectivity index is 1.75. The Hall–Kier alpha value is -2.88. The first-order valence-electron chi connectivity index (χ1n) is 8.81. The second-order valence-electron chi connectivity index (χ2n) is 5.92. The van der Waals surface area contributed by atoms with E-state index in [1.165, 1.54) is 5.56 Å². The van der Waals surface area contributed by atoms with Gasteiger partial charge in [-0.1, -0.05) is 67.6 Å². The van der Waals surface area contributed by atoms with Crippen LogP contribution in [0.5, 0.6) is 0 Å². The Kier molecular flexibility index (Phi) is 5.99. The Morgan fingerprint density at radius 2 is 1.52 bits per heavy atom. The molecule has 3 rings (SSSR count). The number of rotatable bonds is 8. The number of anilines is 2. The number of nitrogens with zero attached hydrogens (tertiary/aromatic N) is 2. The predicted molar refractivity (Wildman–Crippen MR) is 105 cm³/mol. The van der Waals surface area contributed by atoms with Crippen LogP contribution >= 0.6 is 0 Å². The van der Waals surface area contributed by atoms with Crippen LogP contribution < -0.4 is 10.6 Å². The molecule has 2 N–H and O–H groups in total. The van der Waals surface area contributed by atoms with Crippen LogP contribution in [0.1, 0.15) is 18.9 Å². The molecule has 25 heavy (non-hydrogen) atoms. The van der Waals surface area contributed by atoms with Gasteiger partial charge in [-0.2, -0.15) is 4.98 Å². The molecule has 0 bridgehead atoms. The van der Waals surface area contributed by atoms with E-state index in [1.54, 1.807) is 0 Å². The van der Waals surface area contributed by atoms with Crippen LogP contribution in [0.4, 0.5) is 11.8 Å². The van der Waals surface area contributed by atoms with Gasteiger partial charge in [0.1, 0.15) is 5.82 Å². The van der Waals surface area contributed by atoms with E-state index < -0.39 is 0 Å². The predicted octanol–water partition coefficient (Wildman–Crippen LogP) is 4.62. The fourth-order valence-corrected chi connectivity index (χ4v) is 2.59. The maximum Gasteiger partial charge on any atom is 0.225 e. The zero-order valence-corrected chi connectivity index (χ0v) is 14.6. The molecular weight excluding hydrogens is 308 g/mol. The van der Waals surface area contributed by atoms with Crippen LogP contribution in [0, 0.1) is 0 Å². The van der Waals surface area contributed by atoms with E-state index >= 15 is 0 Å². The molecule has 0 aliphatic heterocycles. The van der Waals surface area contributed by atoms with E-state index in [0.29, 0.717) is 5.95 Å². The van der Waals surface area contributed by atoms with Crippen molar-refractivity contribution in [3.05, 3.63) is 72.3 Å². The molecule has 128 valence electrons. The topological polar surface area (TPSA) is 49.8 Å². The average Bonchev–Trinajstić information content (AvgIpc) is 2.68. The fraction of sp³-hybridized carbons (Fsp3) is 0.238. The van der Waals surface area contributed by atoms with Crippen molar-refractivity contribution >= 4 is 11.8 Å². The third kappa shape index (κ3) is 5.05. The maximum absolute atomic E-state index is 4.68. The highest BCUT2D eigenvalue weighted by atomic mass is 15.1. The van der Waals surface area contributed by atoms with Gasteiger partial charge in [0.15, 0.2) is 0 Å². The monoisotopic (exact) mass is 332 g/mol. The normalized spacial score (nSPS) is 10.4. The molecule has 2 aromatic carbocycles. The zero-order chi connectivity index (χ0) is 17.3. The van der Waals surface area contributed by atoms with Crippen molar-refractivity contribution in [1.82, 2.24) is 9.97 Å². The van der Waals surface area contributed by atoms with Crippen molar-refractivity contribution in [3.8, 4) is 11.3 Å². The lowest BCUT2D eigenvalue weighted by atomic mass is 10.1. The van der Waals surface area contributed by atoms with E-state index in [-0.39, 0.29) is 0 Å². The summed E-state index contributed by atoms with van der Waals surface area (Å²) in [5.74, 6) is 1.52. The number of hydrogen-bond acceptors (Lipinski definition) is 4. The summed E-state index contributed by atoms with van der Waals surface area (Å²) in [6, 6.07) is 22.7. The number of aromatic nitrogens is 2. The van der Waals surface area contributed by atoms with Gasteiger partial charge in [0.05, 0.1) is 5.69 Å². The molecule has 4 heteroatoms. The van der Waals surface area contributed by atoms with Gasteiger partial charge < -0.3 is 10.6 Å². The average molecular weight is 332 g/mol. The summed E-state index contributed by atoms with van der Waals surface area (Å²) in [7, 11) is 0. The molecule has 3 aromatic rings. The minimum atomic E-state index is 0.663. The molecule has 0 atom stereocenters. The minimum absolute atomic E-state index is 0.663. The molecule has 0 saturated carbocycles. The lowest BCUT2D eigenvalue weighted by Crippen LogP contribution is -2.10. The lowest BCUT2D eigenvalue weighted by Gasteiger charge is -2.11. The summed E-state index contributed by atoms with van der Waals surface area (Å²) in [6.07, 6.45) is 2.00. The first-order valence-corrected chi connectivity index (χ1v) is 8.81. The summed E-state index contributed by atoms with van der Waals surface area (Å²) < 4.78 is 0. The second-order valence-corrected chi connectivity index (χ2v) is 5.92. The van der Waals surface area contributed by atoms with E-state index in [2.05, 4.69) is 63.9 Å². The largest absolute Gasteiger partial charge is 0.370 e. The summed E-state index contributed by atoms with van der Waals surface area (Å²) in [5.41, 5.74) is 3.32. The highest BCUT2D eigenvalue weighted by Gasteiger charge is 2.06. The molecule has 0 saturated heterocycles. The molecule has 0 radical (unpaired) electrons. The van der Waals surface area contributed by atoms with E-state index in [1.807, 2.05) is 30.3 Å². The van der Waals surface area contributed by atoms with Crippen molar-refractivity contribution in [2.75, 3.05) is 23.7 Å². The smallest absolute Gasteiger partial charge is 0.225 e. The van der Waals surface area contributed by atoms with Gasteiger partial charge >= 0.3 is 0 Å². The first kappa shape index (κ1) is 17.0. The van der Waals surface area contributed by atoms with Gasteiger partial charge in [0.2, 0.25) is 5.95 Å². The van der Waals surface area contributed by atoms with Gasteiger partial charge in [-0.3, -0.25) is 0 Å². The minimum Gasteiger partial charge on any atom is -0.370 e. The molecular formula is C21H24N4. The fourth-order valence-electron chi connectivity index (χ4n) is 2.59. The van der Waals surface area contributed by atoms with Gasteiger partial charge in [-0.25, -0.2) is 4.98 Å². The van der Waals surface area contributed by atoms with E-state index in [4.69, 9.17) is 0 Å². The van der Waals surface area contributed by atoms with Crippen LogP contribution in [0.15, 0.2) is 66.7 Å². The Morgan fingerprint density at radius 1 is 0.800 bits per heavy atom. The SMILES string of the molecule is CCCNc1cc(-c2ccccc2)nc(NCCc2ccccc2)n1. The highest BCUT2D eigenvalue weighted by molar-refractivity contribution is 5.64. The summed E-state index contributed by atoms with van der Waals surface area (Å²) in [4.78, 5) is 9.27. The van der Waals surface area contributed by atoms with Crippen molar-refractivity contribution in [1.29, 1.82) is 0 Å². The molecule has 0 unspecified atom stereocenters. The summed E-state index contributed by atoms with van der Waals surface area (Å²) >= 11 is 0. The standard InChI is InChI=1S/C21H24N4/c1-2-14-22-20-16-19(18-11-7-4-8-12-18)24-21(25-20)23-15-13-17-9-5-3-6-10-17/h3-12,16H,2,13-15H2,1H3,(H2,22,23,24,25). The number of hydrogen-bond donors (Lipinski definition) is 2. The van der Waals surface area contributed by atoms with Crippen LogP contribution in [-0.4, -0.2) is 23.1 Å². The Bertz CT molecular complexity index is 772. The third-order valence-corrected chi connectivity index (χ3v) is 3.89. The first-order chi connectivity index (χ1) is 12.3. The van der Waals surface area contributed by atoms with E-state index in [9.17, 15) is 0 Å². The van der Waals surface area contributed by atoms with Gasteiger partial charge in [0.25, 0.3) is 0 Å². The second kappa shape index (κ2) is 8.83. The molecule has 0 aliphatic rings. The highest BCUT2D eigenvalue weighted by Crippen LogP contribution is 2.21. The molecule has 0 spiro atoms. The van der Waals surface area contributed by atoms with Crippen molar-refractivity contribution in [3.63, 3.8) is 0 Å². The zero-order valence-electron chi connectivity index (χ0n) is 14.6. The Labute approximate surface area is 149 Å². The molecule has 0 aliphatic carbocycles. The van der Waals surface area contributed by atoms with Gasteiger partial charge in [-0.15, -0.1) is 0 Å². The third-order valence-electron chi connectivity index (χ3n) is 3.89. The quantitative estimate of drug-likeness (QED) is 0.632. The van der Waals surface area contributed by atoms with Crippen LogP contribution in [0.25, 0.3) is 11.3 Å². The van der Waals surface area contributed by atoms with E-state index in [0.717, 1.165) is 43.0 Å². The molecule has 0 amide bonds. The molecule has 1 aromatic heterocycles. The maximum atomic E-state index is 4.68. The van der Waals surface area contributed by atoms with Crippen molar-refractivity contribution in [2.24, 2.45) is 0 Å². The lowest BCUT2D eigenvalue weighted by molar-refractivity contribution is 0.954. The molecule has 0 fully saturated rings.